The Morgan fingerprint density at radius 1 is 1.27 bits per heavy atom. The van der Waals surface area contributed by atoms with Crippen molar-refractivity contribution >= 4 is 0 Å². The van der Waals surface area contributed by atoms with E-state index in [1.54, 1.807) is 6.33 Å². The number of nitrogens with one attached hydrogen (secondary N) is 1. The maximum absolute atomic E-state index is 6.26. The first-order chi connectivity index (χ1) is 10.8. The van der Waals surface area contributed by atoms with Gasteiger partial charge < -0.3 is 9.72 Å². The number of aromatic amines is 1. The Bertz CT molecular complexity index is 590. The molecule has 0 radical (unpaired) electrons. The highest BCUT2D eigenvalue weighted by atomic mass is 16.5. The molecule has 0 bridgehead atoms. The van der Waals surface area contributed by atoms with Crippen LogP contribution in [0.4, 0.5) is 0 Å². The van der Waals surface area contributed by atoms with Gasteiger partial charge in [-0.25, -0.2) is 4.98 Å². The van der Waals surface area contributed by atoms with Crippen LogP contribution < -0.4 is 0 Å². The predicted molar refractivity (Wildman–Crippen MR) is 83.4 cm³/mol. The van der Waals surface area contributed by atoms with Gasteiger partial charge in [0, 0.05) is 49.8 Å². The van der Waals surface area contributed by atoms with Gasteiger partial charge in [0.25, 0.3) is 0 Å². The van der Waals surface area contributed by atoms with E-state index in [1.165, 1.54) is 11.3 Å². The van der Waals surface area contributed by atoms with Gasteiger partial charge in [0.05, 0.1) is 18.5 Å². The summed E-state index contributed by atoms with van der Waals surface area (Å²) in [4.78, 5) is 14.0. The minimum absolute atomic E-state index is 0.0883. The van der Waals surface area contributed by atoms with Crippen molar-refractivity contribution in [2.24, 2.45) is 0 Å². The summed E-state index contributed by atoms with van der Waals surface area (Å²) in [5.74, 6) is 0.507. The fourth-order valence-corrected chi connectivity index (χ4v) is 3.75. The molecule has 5 nitrogen and oxygen atoms in total. The molecule has 4 rings (SSSR count). The Morgan fingerprint density at radius 2 is 2.18 bits per heavy atom. The third-order valence-electron chi connectivity index (χ3n) is 5.08. The van der Waals surface area contributed by atoms with Crippen LogP contribution in [0.3, 0.4) is 0 Å². The molecular weight excluding hydrogens is 276 g/mol. The van der Waals surface area contributed by atoms with Crippen molar-refractivity contribution in [3.8, 4) is 0 Å². The number of rotatable bonds is 3. The van der Waals surface area contributed by atoms with Gasteiger partial charge in [0.1, 0.15) is 0 Å². The van der Waals surface area contributed by atoms with Gasteiger partial charge in [0.2, 0.25) is 0 Å². The molecule has 2 aromatic heterocycles. The van der Waals surface area contributed by atoms with Gasteiger partial charge in [-0.05, 0) is 30.9 Å². The van der Waals surface area contributed by atoms with E-state index in [0.717, 1.165) is 45.5 Å². The van der Waals surface area contributed by atoms with Crippen molar-refractivity contribution in [2.75, 3.05) is 19.7 Å². The molecule has 0 unspecified atom stereocenters. The number of hydrogen-bond donors (Lipinski definition) is 1. The van der Waals surface area contributed by atoms with Crippen LogP contribution in [0, 0.1) is 0 Å². The number of ether oxygens (including phenoxy) is 1. The monoisotopic (exact) mass is 298 g/mol. The third kappa shape index (κ3) is 2.78. The Labute approximate surface area is 130 Å². The average molecular weight is 298 g/mol. The summed E-state index contributed by atoms with van der Waals surface area (Å²) in [6.07, 6.45) is 10.9. The molecule has 1 N–H and O–H groups in total. The average Bonchev–Trinajstić information content (AvgIpc) is 3.21. The van der Waals surface area contributed by atoms with Crippen LogP contribution >= 0.6 is 0 Å². The number of piperidine rings is 1. The summed E-state index contributed by atoms with van der Waals surface area (Å²) < 4.78 is 6.26. The van der Waals surface area contributed by atoms with E-state index in [1.807, 2.05) is 24.7 Å². The Hall–Kier alpha value is -1.72. The van der Waals surface area contributed by atoms with Gasteiger partial charge in [-0.1, -0.05) is 6.07 Å². The first-order valence-electron chi connectivity index (χ1n) is 8.07. The highest BCUT2D eigenvalue weighted by Gasteiger charge is 2.43. The molecule has 0 saturated carbocycles. The van der Waals surface area contributed by atoms with Gasteiger partial charge in [0.15, 0.2) is 0 Å². The zero-order valence-electron chi connectivity index (χ0n) is 12.7. The summed E-state index contributed by atoms with van der Waals surface area (Å²) in [6.45, 7) is 3.99. The zero-order valence-corrected chi connectivity index (χ0v) is 12.7. The zero-order chi connectivity index (χ0) is 14.8. The molecule has 0 aromatic carbocycles. The number of aromatic nitrogens is 3. The Kier molecular flexibility index (Phi) is 3.68. The van der Waals surface area contributed by atoms with E-state index in [0.29, 0.717) is 5.92 Å². The van der Waals surface area contributed by atoms with E-state index >= 15 is 0 Å². The van der Waals surface area contributed by atoms with E-state index in [2.05, 4.69) is 25.9 Å². The van der Waals surface area contributed by atoms with Gasteiger partial charge in [-0.3, -0.25) is 9.88 Å². The molecule has 2 fully saturated rings. The highest BCUT2D eigenvalue weighted by Crippen LogP contribution is 2.42. The first-order valence-corrected chi connectivity index (χ1v) is 8.07. The number of pyridine rings is 1. The number of nitrogens with zero attached hydrogens (tertiary/aromatic N) is 3. The van der Waals surface area contributed by atoms with E-state index in [-0.39, 0.29) is 5.60 Å². The minimum Gasteiger partial charge on any atom is -0.374 e. The van der Waals surface area contributed by atoms with Gasteiger partial charge >= 0.3 is 0 Å². The van der Waals surface area contributed by atoms with Crippen molar-refractivity contribution in [3.63, 3.8) is 0 Å². The molecule has 1 spiro atoms. The molecule has 4 heterocycles. The largest absolute Gasteiger partial charge is 0.374 e. The lowest BCUT2D eigenvalue weighted by atomic mass is 9.83. The molecule has 2 aromatic rings. The van der Waals surface area contributed by atoms with Crippen LogP contribution in [0.5, 0.6) is 0 Å². The number of hydrogen-bond acceptors (Lipinski definition) is 4. The van der Waals surface area contributed by atoms with E-state index in [9.17, 15) is 0 Å². The highest BCUT2D eigenvalue weighted by molar-refractivity contribution is 5.18. The van der Waals surface area contributed by atoms with Crippen LogP contribution in [-0.2, 0) is 11.3 Å². The Morgan fingerprint density at radius 3 is 2.91 bits per heavy atom. The van der Waals surface area contributed by atoms with E-state index in [4.69, 9.17) is 4.74 Å². The quantitative estimate of drug-likeness (QED) is 0.945. The van der Waals surface area contributed by atoms with Crippen LogP contribution in [0.2, 0.25) is 0 Å². The topological polar surface area (TPSA) is 54.0 Å². The van der Waals surface area contributed by atoms with Crippen molar-refractivity contribution in [1.29, 1.82) is 0 Å². The maximum Gasteiger partial charge on any atom is 0.0922 e. The number of likely N-dealkylation sites (tertiary alicyclic amines) is 1. The second kappa shape index (κ2) is 5.82. The van der Waals surface area contributed by atoms with Crippen molar-refractivity contribution < 1.29 is 4.74 Å². The molecule has 2 aliphatic heterocycles. The predicted octanol–water partition coefficient (Wildman–Crippen LogP) is 2.34. The summed E-state index contributed by atoms with van der Waals surface area (Å²) in [7, 11) is 0. The molecule has 2 saturated heterocycles. The van der Waals surface area contributed by atoms with Crippen LogP contribution in [0.15, 0.2) is 37.1 Å². The summed E-state index contributed by atoms with van der Waals surface area (Å²) in [6, 6.07) is 4.20. The van der Waals surface area contributed by atoms with Crippen molar-refractivity contribution in [3.05, 3.63) is 48.3 Å². The summed E-state index contributed by atoms with van der Waals surface area (Å²) in [5.41, 5.74) is 2.60. The maximum atomic E-state index is 6.26. The second-order valence-electron chi connectivity index (χ2n) is 6.53. The lowest BCUT2D eigenvalue weighted by molar-refractivity contribution is -0.0450. The summed E-state index contributed by atoms with van der Waals surface area (Å²) in [5, 5.41) is 0. The van der Waals surface area contributed by atoms with Gasteiger partial charge in [-0.2, -0.15) is 0 Å². The molecule has 0 amide bonds. The molecule has 5 heteroatoms. The summed E-state index contributed by atoms with van der Waals surface area (Å²) >= 11 is 0. The van der Waals surface area contributed by atoms with Crippen LogP contribution in [0.25, 0.3) is 0 Å². The molecule has 0 aliphatic carbocycles. The lowest BCUT2D eigenvalue weighted by Gasteiger charge is -2.38. The molecule has 1 atom stereocenters. The van der Waals surface area contributed by atoms with Gasteiger partial charge in [-0.15, -0.1) is 0 Å². The lowest BCUT2D eigenvalue weighted by Crippen LogP contribution is -2.43. The molecule has 22 heavy (non-hydrogen) atoms. The normalized spacial score (nSPS) is 24.8. The minimum atomic E-state index is 0.0883. The fraction of sp³-hybridized carbons (Fsp3) is 0.529. The Balaban J connectivity index is 1.35. The van der Waals surface area contributed by atoms with Crippen LogP contribution in [-0.4, -0.2) is 45.1 Å². The fourth-order valence-electron chi connectivity index (χ4n) is 3.75. The van der Waals surface area contributed by atoms with Crippen LogP contribution in [0.1, 0.15) is 36.4 Å². The molecular formula is C17H22N4O. The van der Waals surface area contributed by atoms with Crippen molar-refractivity contribution in [2.45, 2.75) is 37.3 Å². The standard InChI is InChI=1S/C17H22N4O/c1-2-14(9-18-5-1)15-8-17(22-12-15)3-6-21(7-4-17)11-16-10-19-13-20-16/h1-2,5,9-10,13,15H,3-4,6-8,11-12H2,(H,19,20)/t15-/m0/s1. The van der Waals surface area contributed by atoms with Crippen molar-refractivity contribution in [1.82, 2.24) is 19.9 Å². The smallest absolute Gasteiger partial charge is 0.0922 e. The third-order valence-corrected chi connectivity index (χ3v) is 5.08. The number of H-pyrrole nitrogens is 1. The SMILES string of the molecule is c1cncc([C@@H]2COC3(CCN(Cc4cnc[nH]4)CC3)C2)c1. The molecule has 116 valence electrons. The van der Waals surface area contributed by atoms with E-state index < -0.39 is 0 Å². The second-order valence-corrected chi connectivity index (χ2v) is 6.53. The molecule has 2 aliphatic rings. The first kappa shape index (κ1) is 13.9. The number of imidazole rings is 1.